The van der Waals surface area contributed by atoms with Crippen LogP contribution in [0, 0.1) is 0 Å². The van der Waals surface area contributed by atoms with Crippen molar-refractivity contribution in [2.24, 2.45) is 5.73 Å². The summed E-state index contributed by atoms with van der Waals surface area (Å²) in [5.41, 5.74) is 5.86. The van der Waals surface area contributed by atoms with E-state index in [9.17, 15) is 9.59 Å². The molecule has 3 amide bonds. The minimum atomic E-state index is -0.651. The zero-order valence-electron chi connectivity index (χ0n) is 11.2. The van der Waals surface area contributed by atoms with Crippen LogP contribution in [0.15, 0.2) is 24.3 Å². The maximum Gasteiger partial charge on any atom is 0.316 e. The SMILES string of the molecule is CC1(OCC(=O)Nc2cccc(NC(N)=O)c2)CNC1. The standard InChI is InChI=1S/C13H18N4O3/c1-13(7-15-8-13)20-6-11(18)16-9-3-2-4-10(5-9)17-12(14)19/h2-5,15H,6-8H2,1H3,(H,16,18)(H3,14,17,19). The molecule has 20 heavy (non-hydrogen) atoms. The van der Waals surface area contributed by atoms with Crippen molar-refractivity contribution in [3.63, 3.8) is 0 Å². The number of ether oxygens (including phenoxy) is 1. The summed E-state index contributed by atoms with van der Waals surface area (Å²) in [6.07, 6.45) is 0. The summed E-state index contributed by atoms with van der Waals surface area (Å²) in [6.45, 7) is 3.44. The second kappa shape index (κ2) is 5.89. The third-order valence-electron chi connectivity index (χ3n) is 2.96. The molecule has 108 valence electrons. The summed E-state index contributed by atoms with van der Waals surface area (Å²) >= 11 is 0. The van der Waals surface area contributed by atoms with Gasteiger partial charge < -0.3 is 26.4 Å². The van der Waals surface area contributed by atoms with E-state index < -0.39 is 6.03 Å². The molecule has 0 radical (unpaired) electrons. The number of amides is 3. The highest BCUT2D eigenvalue weighted by atomic mass is 16.5. The lowest BCUT2D eigenvalue weighted by atomic mass is 10.0. The number of nitrogens with one attached hydrogen (secondary N) is 3. The molecular formula is C13H18N4O3. The van der Waals surface area contributed by atoms with Gasteiger partial charge >= 0.3 is 6.03 Å². The average molecular weight is 278 g/mol. The number of hydrogen-bond donors (Lipinski definition) is 4. The number of hydrogen-bond acceptors (Lipinski definition) is 4. The highest BCUT2D eigenvalue weighted by Gasteiger charge is 2.32. The fraction of sp³-hybridized carbons (Fsp3) is 0.385. The third-order valence-corrected chi connectivity index (χ3v) is 2.96. The molecule has 2 rings (SSSR count). The van der Waals surface area contributed by atoms with Crippen LogP contribution >= 0.6 is 0 Å². The van der Waals surface area contributed by atoms with Crippen molar-refractivity contribution in [3.05, 3.63) is 24.3 Å². The van der Waals surface area contributed by atoms with E-state index in [4.69, 9.17) is 10.5 Å². The molecule has 0 aliphatic carbocycles. The van der Waals surface area contributed by atoms with Crippen LogP contribution in [-0.2, 0) is 9.53 Å². The van der Waals surface area contributed by atoms with Crippen LogP contribution in [0.4, 0.5) is 16.2 Å². The lowest BCUT2D eigenvalue weighted by Gasteiger charge is -2.38. The van der Waals surface area contributed by atoms with E-state index in [1.807, 2.05) is 6.92 Å². The molecule has 1 aromatic rings. The molecule has 5 N–H and O–H groups in total. The number of carbonyl (C=O) groups is 2. The number of anilines is 2. The van der Waals surface area contributed by atoms with Crippen molar-refractivity contribution in [2.75, 3.05) is 30.3 Å². The van der Waals surface area contributed by atoms with E-state index in [0.717, 1.165) is 13.1 Å². The summed E-state index contributed by atoms with van der Waals surface area (Å²) in [5.74, 6) is -0.241. The Morgan fingerprint density at radius 1 is 1.35 bits per heavy atom. The minimum absolute atomic E-state index is 0.00828. The molecule has 1 saturated heterocycles. The molecule has 0 bridgehead atoms. The van der Waals surface area contributed by atoms with Crippen LogP contribution in [-0.4, -0.2) is 37.2 Å². The van der Waals surface area contributed by atoms with Crippen molar-refractivity contribution >= 4 is 23.3 Å². The molecule has 1 fully saturated rings. The van der Waals surface area contributed by atoms with E-state index in [1.54, 1.807) is 24.3 Å². The minimum Gasteiger partial charge on any atom is -0.363 e. The zero-order chi connectivity index (χ0) is 14.6. The van der Waals surface area contributed by atoms with Crippen LogP contribution in [0.1, 0.15) is 6.92 Å². The molecule has 7 heteroatoms. The highest BCUT2D eigenvalue weighted by molar-refractivity contribution is 5.93. The predicted molar refractivity (Wildman–Crippen MR) is 75.5 cm³/mol. The zero-order valence-corrected chi connectivity index (χ0v) is 11.2. The van der Waals surface area contributed by atoms with Gasteiger partial charge in [-0.15, -0.1) is 0 Å². The number of carbonyl (C=O) groups excluding carboxylic acids is 2. The first-order valence-electron chi connectivity index (χ1n) is 6.28. The molecule has 1 heterocycles. The van der Waals surface area contributed by atoms with Crippen LogP contribution in [0.3, 0.4) is 0 Å². The first-order chi connectivity index (χ1) is 9.47. The van der Waals surface area contributed by atoms with Crippen LogP contribution in [0.2, 0.25) is 0 Å². The topological polar surface area (TPSA) is 105 Å². The Hall–Kier alpha value is -2.12. The van der Waals surface area contributed by atoms with Crippen molar-refractivity contribution in [1.82, 2.24) is 5.32 Å². The summed E-state index contributed by atoms with van der Waals surface area (Å²) in [7, 11) is 0. The Morgan fingerprint density at radius 2 is 2.00 bits per heavy atom. The lowest BCUT2D eigenvalue weighted by molar-refractivity contribution is -0.130. The van der Waals surface area contributed by atoms with Gasteiger partial charge in [-0.05, 0) is 25.1 Å². The Kier molecular flexibility index (Phi) is 4.21. The van der Waals surface area contributed by atoms with Gasteiger partial charge in [0.2, 0.25) is 5.91 Å². The monoisotopic (exact) mass is 278 g/mol. The quantitative estimate of drug-likeness (QED) is 0.629. The number of benzene rings is 1. The number of urea groups is 1. The van der Waals surface area contributed by atoms with Gasteiger partial charge in [-0.25, -0.2) is 4.79 Å². The fourth-order valence-corrected chi connectivity index (χ4v) is 1.83. The van der Waals surface area contributed by atoms with Gasteiger partial charge in [-0.1, -0.05) is 6.07 Å². The summed E-state index contributed by atoms with van der Waals surface area (Å²) < 4.78 is 5.53. The Bertz CT molecular complexity index is 514. The summed E-state index contributed by atoms with van der Waals surface area (Å²) in [6, 6.07) is 6.07. The molecule has 0 saturated carbocycles. The largest absolute Gasteiger partial charge is 0.363 e. The molecule has 1 aliphatic rings. The van der Waals surface area contributed by atoms with Gasteiger partial charge in [-0.3, -0.25) is 4.79 Å². The number of primary amides is 1. The smallest absolute Gasteiger partial charge is 0.316 e. The molecule has 7 nitrogen and oxygen atoms in total. The van der Waals surface area contributed by atoms with E-state index in [-0.39, 0.29) is 18.1 Å². The molecule has 0 unspecified atom stereocenters. The molecule has 0 spiro atoms. The molecule has 1 aromatic carbocycles. The normalized spacial score (nSPS) is 16.1. The summed E-state index contributed by atoms with van der Waals surface area (Å²) in [5, 5.41) is 8.23. The number of rotatable bonds is 5. The van der Waals surface area contributed by atoms with E-state index in [1.165, 1.54) is 0 Å². The van der Waals surface area contributed by atoms with E-state index in [0.29, 0.717) is 11.4 Å². The summed E-state index contributed by atoms with van der Waals surface area (Å²) in [4.78, 5) is 22.5. The van der Waals surface area contributed by atoms with Gasteiger partial charge in [0.1, 0.15) is 6.61 Å². The highest BCUT2D eigenvalue weighted by Crippen LogP contribution is 2.17. The first kappa shape index (κ1) is 14.3. The molecule has 0 atom stereocenters. The van der Waals surface area contributed by atoms with E-state index in [2.05, 4.69) is 16.0 Å². The van der Waals surface area contributed by atoms with Crippen molar-refractivity contribution in [1.29, 1.82) is 0 Å². The maximum atomic E-state index is 11.8. The van der Waals surface area contributed by atoms with Crippen LogP contribution in [0.5, 0.6) is 0 Å². The van der Waals surface area contributed by atoms with Gasteiger partial charge in [0, 0.05) is 24.5 Å². The molecule has 1 aliphatic heterocycles. The van der Waals surface area contributed by atoms with Crippen molar-refractivity contribution in [3.8, 4) is 0 Å². The van der Waals surface area contributed by atoms with Gasteiger partial charge in [0.25, 0.3) is 0 Å². The van der Waals surface area contributed by atoms with Crippen LogP contribution in [0.25, 0.3) is 0 Å². The van der Waals surface area contributed by atoms with Gasteiger partial charge in [0.05, 0.1) is 5.60 Å². The van der Waals surface area contributed by atoms with E-state index >= 15 is 0 Å². The second-order valence-electron chi connectivity index (χ2n) is 4.96. The maximum absolute atomic E-state index is 11.8. The Labute approximate surface area is 116 Å². The molecular weight excluding hydrogens is 260 g/mol. The Morgan fingerprint density at radius 3 is 2.55 bits per heavy atom. The average Bonchev–Trinajstić information content (AvgIpc) is 2.33. The van der Waals surface area contributed by atoms with Gasteiger partial charge in [0.15, 0.2) is 0 Å². The van der Waals surface area contributed by atoms with Gasteiger partial charge in [-0.2, -0.15) is 0 Å². The van der Waals surface area contributed by atoms with Crippen molar-refractivity contribution < 1.29 is 14.3 Å². The lowest BCUT2D eigenvalue weighted by Crippen LogP contribution is -2.59. The van der Waals surface area contributed by atoms with Crippen LogP contribution < -0.4 is 21.7 Å². The first-order valence-corrected chi connectivity index (χ1v) is 6.28. The van der Waals surface area contributed by atoms with Crippen molar-refractivity contribution in [2.45, 2.75) is 12.5 Å². The number of nitrogens with two attached hydrogens (primary N) is 1. The predicted octanol–water partition coefficient (Wildman–Crippen LogP) is 0.494. The second-order valence-corrected chi connectivity index (χ2v) is 4.96. The third kappa shape index (κ3) is 3.94. The fourth-order valence-electron chi connectivity index (χ4n) is 1.83. The Balaban J connectivity index is 1.85. The molecule has 0 aromatic heterocycles.